The van der Waals surface area contributed by atoms with Crippen molar-refractivity contribution in [3.8, 4) is 23.0 Å². The van der Waals surface area contributed by atoms with Crippen molar-refractivity contribution in [2.45, 2.75) is 13.2 Å². The maximum atomic E-state index is 12.5. The number of amides is 2. The van der Waals surface area contributed by atoms with Gasteiger partial charge in [-0.3, -0.25) is 9.59 Å². The van der Waals surface area contributed by atoms with E-state index in [1.807, 2.05) is 0 Å². The molecule has 0 atom stereocenters. The fraction of sp³-hybridized carbons (Fsp3) is 0.263. The van der Waals surface area contributed by atoms with Crippen LogP contribution in [0.3, 0.4) is 0 Å². The van der Waals surface area contributed by atoms with Crippen LogP contribution in [0, 0.1) is 0 Å². The summed E-state index contributed by atoms with van der Waals surface area (Å²) < 4.78 is 45.1. The van der Waals surface area contributed by atoms with Crippen LogP contribution in [0.1, 0.15) is 15.9 Å². The highest BCUT2D eigenvalue weighted by Gasteiger charge is 2.19. The van der Waals surface area contributed by atoms with Crippen molar-refractivity contribution >= 4 is 11.8 Å². The molecule has 29 heavy (non-hydrogen) atoms. The van der Waals surface area contributed by atoms with E-state index in [4.69, 9.17) is 19.9 Å². The third-order valence-electron chi connectivity index (χ3n) is 3.71. The van der Waals surface area contributed by atoms with Gasteiger partial charge < -0.3 is 30.0 Å². The molecule has 2 aromatic carbocycles. The summed E-state index contributed by atoms with van der Waals surface area (Å²) in [5.74, 6) is -0.834. The minimum absolute atomic E-state index is 0.0341. The first-order chi connectivity index (χ1) is 13.8. The van der Waals surface area contributed by atoms with Crippen molar-refractivity contribution in [3.63, 3.8) is 0 Å². The smallest absolute Gasteiger partial charge is 0.387 e. The van der Waals surface area contributed by atoms with Gasteiger partial charge in [0.05, 0.1) is 14.2 Å². The van der Waals surface area contributed by atoms with Gasteiger partial charge in [-0.25, -0.2) is 0 Å². The topological polar surface area (TPSA) is 109 Å². The number of primary amides is 1. The summed E-state index contributed by atoms with van der Waals surface area (Å²) in [7, 11) is 2.71. The molecule has 2 aromatic rings. The van der Waals surface area contributed by atoms with Crippen LogP contribution < -0.4 is 30.0 Å². The van der Waals surface area contributed by atoms with E-state index in [9.17, 15) is 18.4 Å². The Morgan fingerprint density at radius 2 is 1.69 bits per heavy atom. The number of halogens is 2. The van der Waals surface area contributed by atoms with E-state index < -0.39 is 25.0 Å². The van der Waals surface area contributed by atoms with Gasteiger partial charge in [-0.15, -0.1) is 0 Å². The van der Waals surface area contributed by atoms with E-state index in [-0.39, 0.29) is 35.1 Å². The van der Waals surface area contributed by atoms with Crippen LogP contribution >= 0.6 is 0 Å². The van der Waals surface area contributed by atoms with Gasteiger partial charge in [-0.2, -0.15) is 8.78 Å². The Kier molecular flexibility index (Phi) is 7.58. The molecule has 0 bridgehead atoms. The average molecular weight is 410 g/mol. The van der Waals surface area contributed by atoms with Crippen LogP contribution in [0.4, 0.5) is 8.78 Å². The lowest BCUT2D eigenvalue weighted by Crippen LogP contribution is -2.24. The Hall–Kier alpha value is -3.56. The summed E-state index contributed by atoms with van der Waals surface area (Å²) in [4.78, 5) is 23.5. The van der Waals surface area contributed by atoms with Gasteiger partial charge in [-0.05, 0) is 18.2 Å². The number of benzene rings is 2. The van der Waals surface area contributed by atoms with Gasteiger partial charge in [-0.1, -0.05) is 18.2 Å². The maximum absolute atomic E-state index is 12.5. The lowest BCUT2D eigenvalue weighted by Gasteiger charge is -2.16. The number of alkyl halides is 2. The van der Waals surface area contributed by atoms with E-state index in [1.54, 1.807) is 18.2 Å². The highest BCUT2D eigenvalue weighted by atomic mass is 19.3. The molecule has 0 spiro atoms. The standard InChI is InChI=1S/C19H20F2N2O6/c1-26-14-7-12(8-15(27-2)17(14)28-10-16(22)24)18(25)23-9-11-5-3-4-6-13(11)29-19(20)21/h3-8,19H,9-10H2,1-2H3,(H2,22,24)(H,23,25). The molecular weight excluding hydrogens is 390 g/mol. The van der Waals surface area contributed by atoms with Crippen molar-refractivity contribution in [3.05, 3.63) is 47.5 Å². The number of carbonyl (C=O) groups is 2. The number of hydrogen-bond acceptors (Lipinski definition) is 6. The van der Waals surface area contributed by atoms with Crippen molar-refractivity contribution in [1.82, 2.24) is 5.32 Å². The largest absolute Gasteiger partial charge is 0.493 e. The Bertz CT molecular complexity index is 851. The van der Waals surface area contributed by atoms with Gasteiger partial charge in [0.15, 0.2) is 18.1 Å². The Labute approximate surface area is 165 Å². The first kappa shape index (κ1) is 21.7. The van der Waals surface area contributed by atoms with Crippen LogP contribution in [-0.2, 0) is 11.3 Å². The maximum Gasteiger partial charge on any atom is 0.387 e. The molecule has 0 radical (unpaired) electrons. The minimum Gasteiger partial charge on any atom is -0.493 e. The first-order valence-electron chi connectivity index (χ1n) is 8.33. The van der Waals surface area contributed by atoms with E-state index in [0.29, 0.717) is 5.56 Å². The number of carbonyl (C=O) groups excluding carboxylic acids is 2. The SMILES string of the molecule is COc1cc(C(=O)NCc2ccccc2OC(F)F)cc(OC)c1OCC(N)=O. The molecule has 156 valence electrons. The molecule has 8 nitrogen and oxygen atoms in total. The van der Waals surface area contributed by atoms with Crippen LogP contribution in [-0.4, -0.2) is 39.3 Å². The monoisotopic (exact) mass is 410 g/mol. The highest BCUT2D eigenvalue weighted by molar-refractivity contribution is 5.95. The summed E-state index contributed by atoms with van der Waals surface area (Å²) in [6.07, 6.45) is 0. The second-order valence-corrected chi connectivity index (χ2v) is 5.63. The molecule has 0 unspecified atom stereocenters. The number of rotatable bonds is 10. The summed E-state index contributed by atoms with van der Waals surface area (Å²) in [5, 5.41) is 2.61. The van der Waals surface area contributed by atoms with Crippen molar-refractivity contribution in [2.24, 2.45) is 5.73 Å². The molecule has 2 amide bonds. The van der Waals surface area contributed by atoms with E-state index in [0.717, 1.165) is 0 Å². The average Bonchev–Trinajstić information content (AvgIpc) is 2.70. The lowest BCUT2D eigenvalue weighted by atomic mass is 10.1. The predicted molar refractivity (Wildman–Crippen MR) is 98.5 cm³/mol. The van der Waals surface area contributed by atoms with E-state index >= 15 is 0 Å². The molecule has 0 aromatic heterocycles. The molecule has 0 saturated carbocycles. The van der Waals surface area contributed by atoms with Crippen LogP contribution in [0.15, 0.2) is 36.4 Å². The summed E-state index contributed by atoms with van der Waals surface area (Å²) in [5.41, 5.74) is 5.61. The number of nitrogens with two attached hydrogens (primary N) is 1. The molecule has 0 aliphatic heterocycles. The fourth-order valence-electron chi connectivity index (χ4n) is 2.43. The van der Waals surface area contributed by atoms with Gasteiger partial charge in [0.25, 0.3) is 11.8 Å². The van der Waals surface area contributed by atoms with Crippen molar-refractivity contribution in [1.29, 1.82) is 0 Å². The second-order valence-electron chi connectivity index (χ2n) is 5.63. The van der Waals surface area contributed by atoms with Gasteiger partial charge in [0.2, 0.25) is 5.75 Å². The van der Waals surface area contributed by atoms with Crippen LogP contribution in [0.25, 0.3) is 0 Å². The highest BCUT2D eigenvalue weighted by Crippen LogP contribution is 2.38. The normalized spacial score (nSPS) is 10.4. The number of hydrogen-bond donors (Lipinski definition) is 2. The zero-order valence-corrected chi connectivity index (χ0v) is 15.7. The molecule has 10 heteroatoms. The minimum atomic E-state index is -2.98. The van der Waals surface area contributed by atoms with E-state index in [2.05, 4.69) is 10.1 Å². The van der Waals surface area contributed by atoms with Crippen molar-refractivity contribution in [2.75, 3.05) is 20.8 Å². The second kappa shape index (κ2) is 10.1. The zero-order chi connectivity index (χ0) is 21.4. The Balaban J connectivity index is 2.20. The Morgan fingerprint density at radius 3 is 2.24 bits per heavy atom. The molecule has 3 N–H and O–H groups in total. The molecule has 0 aliphatic rings. The van der Waals surface area contributed by atoms with Gasteiger partial charge >= 0.3 is 6.61 Å². The number of para-hydroxylation sites is 1. The molecular formula is C19H20F2N2O6. The Morgan fingerprint density at radius 1 is 1.07 bits per heavy atom. The quantitative estimate of drug-likeness (QED) is 0.621. The number of nitrogens with one attached hydrogen (secondary N) is 1. The molecule has 0 aliphatic carbocycles. The summed E-state index contributed by atoms with van der Waals surface area (Å²) in [6, 6.07) is 8.89. The molecule has 0 saturated heterocycles. The zero-order valence-electron chi connectivity index (χ0n) is 15.7. The van der Waals surface area contributed by atoms with E-state index in [1.165, 1.54) is 32.4 Å². The molecule has 2 rings (SSSR count). The van der Waals surface area contributed by atoms with Crippen molar-refractivity contribution < 1.29 is 37.3 Å². The van der Waals surface area contributed by atoms with Crippen LogP contribution in [0.2, 0.25) is 0 Å². The molecule has 0 heterocycles. The predicted octanol–water partition coefficient (Wildman–Crippen LogP) is 2.10. The van der Waals surface area contributed by atoms with Crippen LogP contribution in [0.5, 0.6) is 23.0 Å². The third kappa shape index (κ3) is 5.96. The fourth-order valence-corrected chi connectivity index (χ4v) is 2.43. The third-order valence-corrected chi connectivity index (χ3v) is 3.71. The summed E-state index contributed by atoms with van der Waals surface area (Å²) >= 11 is 0. The number of ether oxygens (including phenoxy) is 4. The number of methoxy groups -OCH3 is 2. The summed E-state index contributed by atoms with van der Waals surface area (Å²) in [6.45, 7) is -3.43. The molecule has 0 fully saturated rings. The van der Waals surface area contributed by atoms with Gasteiger partial charge in [0, 0.05) is 17.7 Å². The first-order valence-corrected chi connectivity index (χ1v) is 8.33. The van der Waals surface area contributed by atoms with Gasteiger partial charge in [0.1, 0.15) is 5.75 Å². The lowest BCUT2D eigenvalue weighted by molar-refractivity contribution is -0.120.